The largest absolute Gasteiger partial charge is 0.389 e. The van der Waals surface area contributed by atoms with Crippen LogP contribution in [0.2, 0.25) is 0 Å². The van der Waals surface area contributed by atoms with Gasteiger partial charge in [-0.25, -0.2) is 0 Å². The van der Waals surface area contributed by atoms with Crippen LogP contribution >= 0.6 is 0 Å². The normalized spacial score (nSPS) is 40.9. The van der Waals surface area contributed by atoms with Crippen LogP contribution in [0.3, 0.4) is 0 Å². The second kappa shape index (κ2) is 3.49. The fourth-order valence-electron chi connectivity index (χ4n) is 3.42. The van der Waals surface area contributed by atoms with E-state index in [-0.39, 0.29) is 5.41 Å². The quantitative estimate of drug-likeness (QED) is 0.727. The zero-order valence-corrected chi connectivity index (χ0v) is 9.26. The third kappa shape index (κ3) is 1.31. The number of hydrogen-bond acceptors (Lipinski definition) is 2. The Morgan fingerprint density at radius 3 is 2.43 bits per heavy atom. The van der Waals surface area contributed by atoms with Crippen LogP contribution in [0, 0.1) is 11.3 Å². The number of aliphatic hydroxyl groups is 1. The summed E-state index contributed by atoms with van der Waals surface area (Å²) in [6, 6.07) is 0. The van der Waals surface area contributed by atoms with Crippen molar-refractivity contribution in [3.8, 4) is 0 Å². The molecule has 2 atom stereocenters. The second-order valence-corrected chi connectivity index (χ2v) is 5.39. The summed E-state index contributed by atoms with van der Waals surface area (Å²) >= 11 is 0. The van der Waals surface area contributed by atoms with Crippen LogP contribution < -0.4 is 5.73 Å². The van der Waals surface area contributed by atoms with Gasteiger partial charge >= 0.3 is 0 Å². The van der Waals surface area contributed by atoms with E-state index in [1.165, 1.54) is 19.3 Å². The molecule has 2 heteroatoms. The third-order valence-corrected chi connectivity index (χ3v) is 4.86. The molecule has 0 aromatic rings. The smallest absolute Gasteiger partial charge is 0.0718 e. The van der Waals surface area contributed by atoms with E-state index in [0.29, 0.717) is 6.54 Å². The SMILES string of the molecule is CCC1CCC(O)(C2(CN)CCC2)C1. The Hall–Kier alpha value is -0.0800. The van der Waals surface area contributed by atoms with Gasteiger partial charge < -0.3 is 10.8 Å². The Labute approximate surface area is 86.9 Å². The lowest BCUT2D eigenvalue weighted by atomic mass is 9.58. The highest BCUT2D eigenvalue weighted by Gasteiger charge is 2.55. The van der Waals surface area contributed by atoms with Crippen molar-refractivity contribution in [2.24, 2.45) is 17.1 Å². The van der Waals surface area contributed by atoms with Crippen molar-refractivity contribution in [3.05, 3.63) is 0 Å². The third-order valence-electron chi connectivity index (χ3n) is 4.86. The van der Waals surface area contributed by atoms with E-state index < -0.39 is 5.60 Å². The summed E-state index contributed by atoms with van der Waals surface area (Å²) in [5.41, 5.74) is 5.54. The molecule has 2 aliphatic rings. The minimum Gasteiger partial charge on any atom is -0.389 e. The van der Waals surface area contributed by atoms with Gasteiger partial charge in [-0.2, -0.15) is 0 Å². The average Bonchev–Trinajstić information content (AvgIpc) is 2.47. The first kappa shape index (κ1) is 10.4. The Balaban J connectivity index is 2.08. The minimum absolute atomic E-state index is 0.0942. The highest BCUT2D eigenvalue weighted by Crippen LogP contribution is 2.56. The summed E-state index contributed by atoms with van der Waals surface area (Å²) in [6.45, 7) is 2.91. The molecule has 2 rings (SSSR count). The topological polar surface area (TPSA) is 46.2 Å². The van der Waals surface area contributed by atoms with Gasteiger partial charge in [0.1, 0.15) is 0 Å². The molecule has 0 bridgehead atoms. The number of nitrogens with two attached hydrogens (primary N) is 1. The zero-order valence-electron chi connectivity index (χ0n) is 9.26. The average molecular weight is 197 g/mol. The van der Waals surface area contributed by atoms with Gasteiger partial charge in [0.05, 0.1) is 5.60 Å². The first-order valence-electron chi connectivity index (χ1n) is 6.08. The van der Waals surface area contributed by atoms with Crippen molar-refractivity contribution in [2.45, 2.75) is 57.5 Å². The molecule has 2 aliphatic carbocycles. The van der Waals surface area contributed by atoms with Crippen molar-refractivity contribution in [1.82, 2.24) is 0 Å². The fourth-order valence-corrected chi connectivity index (χ4v) is 3.42. The lowest BCUT2D eigenvalue weighted by molar-refractivity contribution is -0.120. The van der Waals surface area contributed by atoms with Gasteiger partial charge in [0.2, 0.25) is 0 Å². The molecule has 0 saturated heterocycles. The van der Waals surface area contributed by atoms with Crippen molar-refractivity contribution in [3.63, 3.8) is 0 Å². The molecule has 2 unspecified atom stereocenters. The molecule has 0 amide bonds. The van der Waals surface area contributed by atoms with Crippen LogP contribution in [0.1, 0.15) is 51.9 Å². The Morgan fingerprint density at radius 1 is 1.36 bits per heavy atom. The summed E-state index contributed by atoms with van der Waals surface area (Å²) < 4.78 is 0. The van der Waals surface area contributed by atoms with Crippen LogP contribution in [-0.2, 0) is 0 Å². The summed E-state index contributed by atoms with van der Waals surface area (Å²) in [6.07, 6.45) is 7.96. The van der Waals surface area contributed by atoms with Gasteiger partial charge in [0.15, 0.2) is 0 Å². The fraction of sp³-hybridized carbons (Fsp3) is 1.00. The van der Waals surface area contributed by atoms with Crippen molar-refractivity contribution >= 4 is 0 Å². The molecule has 3 N–H and O–H groups in total. The van der Waals surface area contributed by atoms with E-state index in [2.05, 4.69) is 6.92 Å². The van der Waals surface area contributed by atoms with Gasteiger partial charge in [-0.1, -0.05) is 19.8 Å². The lowest BCUT2D eigenvalue weighted by Crippen LogP contribution is -2.55. The molecular weight excluding hydrogens is 174 g/mol. The molecule has 14 heavy (non-hydrogen) atoms. The monoisotopic (exact) mass is 197 g/mol. The van der Waals surface area contributed by atoms with Crippen LogP contribution in [0.25, 0.3) is 0 Å². The maximum Gasteiger partial charge on any atom is 0.0718 e. The second-order valence-electron chi connectivity index (χ2n) is 5.39. The molecule has 2 saturated carbocycles. The Morgan fingerprint density at radius 2 is 2.07 bits per heavy atom. The molecular formula is C12H23NO. The summed E-state index contributed by atoms with van der Waals surface area (Å²) in [5, 5.41) is 10.7. The van der Waals surface area contributed by atoms with Gasteiger partial charge in [-0.3, -0.25) is 0 Å². The molecule has 82 valence electrons. The van der Waals surface area contributed by atoms with Gasteiger partial charge in [0.25, 0.3) is 0 Å². The highest BCUT2D eigenvalue weighted by atomic mass is 16.3. The zero-order chi connectivity index (χ0) is 10.2. The maximum atomic E-state index is 10.7. The van der Waals surface area contributed by atoms with Crippen molar-refractivity contribution < 1.29 is 5.11 Å². The van der Waals surface area contributed by atoms with Crippen LogP contribution in [0.15, 0.2) is 0 Å². The molecule has 2 nitrogen and oxygen atoms in total. The maximum absolute atomic E-state index is 10.7. The van der Waals surface area contributed by atoms with E-state index in [1.54, 1.807) is 0 Å². The standard InChI is InChI=1S/C12H23NO/c1-2-10-4-7-12(14,8-10)11(9-13)5-3-6-11/h10,14H,2-9,13H2,1H3. The van der Waals surface area contributed by atoms with E-state index in [4.69, 9.17) is 5.73 Å². The Bertz CT molecular complexity index is 207. The highest BCUT2D eigenvalue weighted by molar-refractivity contribution is 5.07. The predicted molar refractivity (Wildman–Crippen MR) is 57.9 cm³/mol. The van der Waals surface area contributed by atoms with E-state index >= 15 is 0 Å². The number of hydrogen-bond donors (Lipinski definition) is 2. The van der Waals surface area contributed by atoms with E-state index in [1.807, 2.05) is 0 Å². The molecule has 0 radical (unpaired) electrons. The van der Waals surface area contributed by atoms with Crippen molar-refractivity contribution in [2.75, 3.05) is 6.54 Å². The first-order valence-corrected chi connectivity index (χ1v) is 6.08. The van der Waals surface area contributed by atoms with Gasteiger partial charge in [-0.05, 0) is 38.0 Å². The predicted octanol–water partition coefficient (Wildman–Crippen LogP) is 2.06. The molecule has 0 spiro atoms. The summed E-state index contributed by atoms with van der Waals surface area (Å²) in [4.78, 5) is 0. The molecule has 2 fully saturated rings. The van der Waals surface area contributed by atoms with E-state index in [0.717, 1.165) is 31.6 Å². The minimum atomic E-state index is -0.416. The molecule has 0 aromatic carbocycles. The lowest BCUT2D eigenvalue weighted by Gasteiger charge is -2.51. The molecule has 0 heterocycles. The van der Waals surface area contributed by atoms with E-state index in [9.17, 15) is 5.11 Å². The Kier molecular flexibility index (Phi) is 2.61. The molecule has 0 aliphatic heterocycles. The van der Waals surface area contributed by atoms with Crippen LogP contribution in [0.4, 0.5) is 0 Å². The van der Waals surface area contributed by atoms with Gasteiger partial charge in [0, 0.05) is 12.0 Å². The number of rotatable bonds is 3. The van der Waals surface area contributed by atoms with Crippen molar-refractivity contribution in [1.29, 1.82) is 0 Å². The van der Waals surface area contributed by atoms with Crippen LogP contribution in [-0.4, -0.2) is 17.3 Å². The molecule has 0 aromatic heterocycles. The summed E-state index contributed by atoms with van der Waals surface area (Å²) in [5.74, 6) is 0.740. The first-order chi connectivity index (χ1) is 6.66. The summed E-state index contributed by atoms with van der Waals surface area (Å²) in [7, 11) is 0. The van der Waals surface area contributed by atoms with Gasteiger partial charge in [-0.15, -0.1) is 0 Å². The van der Waals surface area contributed by atoms with Crippen LogP contribution in [0.5, 0.6) is 0 Å².